The third-order valence-corrected chi connectivity index (χ3v) is 3.43. The van der Waals surface area contributed by atoms with Crippen molar-refractivity contribution in [3.8, 4) is 0 Å². The van der Waals surface area contributed by atoms with E-state index in [-0.39, 0.29) is 11.6 Å². The number of hydrogen-bond acceptors (Lipinski definition) is 2. The number of para-hydroxylation sites is 1. The molecule has 0 aliphatic rings. The number of rotatable bonds is 4. The van der Waals surface area contributed by atoms with Crippen molar-refractivity contribution < 1.29 is 0 Å². The first-order chi connectivity index (χ1) is 8.38. The Hall–Kier alpha value is -1.32. The molecule has 1 aromatic heterocycles. The Morgan fingerprint density at radius 1 is 1.28 bits per heavy atom. The minimum Gasteiger partial charge on any atom is -0.350 e. The van der Waals surface area contributed by atoms with Gasteiger partial charge >= 0.3 is 0 Å². The molecule has 0 fully saturated rings. The van der Waals surface area contributed by atoms with E-state index in [0.29, 0.717) is 0 Å². The summed E-state index contributed by atoms with van der Waals surface area (Å²) in [6, 6.07) is 8.43. The lowest BCUT2D eigenvalue weighted by Gasteiger charge is -2.20. The van der Waals surface area contributed by atoms with E-state index >= 15 is 0 Å². The van der Waals surface area contributed by atoms with Crippen LogP contribution in [0.25, 0.3) is 10.9 Å². The molecule has 1 aromatic carbocycles. The van der Waals surface area contributed by atoms with Gasteiger partial charge < -0.3 is 16.0 Å². The average Bonchev–Trinajstić information content (AvgIpc) is 2.64. The van der Waals surface area contributed by atoms with E-state index in [0.717, 1.165) is 12.8 Å². The van der Waals surface area contributed by atoms with Gasteiger partial charge in [-0.25, -0.2) is 0 Å². The summed E-state index contributed by atoms with van der Waals surface area (Å²) in [5.41, 5.74) is 14.6. The van der Waals surface area contributed by atoms with Crippen molar-refractivity contribution in [2.24, 2.45) is 18.5 Å². The van der Waals surface area contributed by atoms with Crippen LogP contribution in [0.15, 0.2) is 30.5 Å². The van der Waals surface area contributed by atoms with Crippen LogP contribution in [-0.4, -0.2) is 10.1 Å². The van der Waals surface area contributed by atoms with Crippen molar-refractivity contribution in [3.63, 3.8) is 0 Å². The second-order valence-electron chi connectivity index (χ2n) is 5.85. The van der Waals surface area contributed by atoms with Crippen LogP contribution >= 0.6 is 0 Å². The van der Waals surface area contributed by atoms with Gasteiger partial charge in [-0.15, -0.1) is 0 Å². The van der Waals surface area contributed by atoms with Gasteiger partial charge in [-0.1, -0.05) is 18.2 Å². The molecule has 18 heavy (non-hydrogen) atoms. The Kier molecular flexibility index (Phi) is 3.46. The molecule has 1 atom stereocenters. The van der Waals surface area contributed by atoms with Crippen LogP contribution in [0.2, 0.25) is 0 Å². The zero-order valence-electron chi connectivity index (χ0n) is 11.5. The fourth-order valence-electron chi connectivity index (χ4n) is 2.35. The maximum atomic E-state index is 6.31. The van der Waals surface area contributed by atoms with Gasteiger partial charge in [0.1, 0.15) is 0 Å². The van der Waals surface area contributed by atoms with Crippen LogP contribution in [0.4, 0.5) is 0 Å². The van der Waals surface area contributed by atoms with Crippen molar-refractivity contribution in [1.82, 2.24) is 4.57 Å². The minimum atomic E-state index is -0.151. The lowest BCUT2D eigenvalue weighted by atomic mass is 9.94. The highest BCUT2D eigenvalue weighted by atomic mass is 14.9. The third-order valence-electron chi connectivity index (χ3n) is 3.43. The lowest BCUT2D eigenvalue weighted by molar-refractivity contribution is 0.434. The molecule has 1 unspecified atom stereocenters. The Morgan fingerprint density at radius 3 is 2.61 bits per heavy atom. The Labute approximate surface area is 109 Å². The number of nitrogens with zero attached hydrogens (tertiary/aromatic N) is 1. The first-order valence-corrected chi connectivity index (χ1v) is 6.47. The van der Waals surface area contributed by atoms with E-state index in [4.69, 9.17) is 11.5 Å². The van der Waals surface area contributed by atoms with Crippen LogP contribution in [0.3, 0.4) is 0 Å². The predicted molar refractivity (Wildman–Crippen MR) is 77.3 cm³/mol. The Balaban J connectivity index is 2.25. The lowest BCUT2D eigenvalue weighted by Crippen LogP contribution is -2.32. The summed E-state index contributed by atoms with van der Waals surface area (Å²) in [5.74, 6) is 0. The molecular weight excluding hydrogens is 222 g/mol. The smallest absolute Gasteiger partial charge is 0.0481 e. The Morgan fingerprint density at radius 2 is 1.94 bits per heavy atom. The fraction of sp³-hybridized carbons (Fsp3) is 0.467. The number of benzene rings is 1. The molecule has 0 spiro atoms. The quantitative estimate of drug-likeness (QED) is 0.870. The summed E-state index contributed by atoms with van der Waals surface area (Å²) in [4.78, 5) is 0. The van der Waals surface area contributed by atoms with E-state index in [1.807, 2.05) is 13.8 Å². The van der Waals surface area contributed by atoms with E-state index in [9.17, 15) is 0 Å². The van der Waals surface area contributed by atoms with Gasteiger partial charge in [0.25, 0.3) is 0 Å². The molecule has 4 N–H and O–H groups in total. The Bertz CT molecular complexity index is 534. The van der Waals surface area contributed by atoms with Crippen molar-refractivity contribution >= 4 is 10.9 Å². The van der Waals surface area contributed by atoms with Crippen molar-refractivity contribution in [2.75, 3.05) is 0 Å². The molecule has 0 aliphatic heterocycles. The third kappa shape index (κ3) is 2.74. The van der Waals surface area contributed by atoms with Gasteiger partial charge in [-0.3, -0.25) is 0 Å². The number of hydrogen-bond donors (Lipinski definition) is 2. The molecule has 98 valence electrons. The number of aryl methyl sites for hydroxylation is 1. The molecule has 0 amide bonds. The first kappa shape index (κ1) is 13.1. The molecule has 0 saturated carbocycles. The molecule has 0 aliphatic carbocycles. The maximum Gasteiger partial charge on any atom is 0.0481 e. The van der Waals surface area contributed by atoms with Gasteiger partial charge in [0.05, 0.1) is 0 Å². The summed E-state index contributed by atoms with van der Waals surface area (Å²) >= 11 is 0. The number of nitrogens with two attached hydrogens (primary N) is 2. The highest BCUT2D eigenvalue weighted by Crippen LogP contribution is 2.28. The van der Waals surface area contributed by atoms with Gasteiger partial charge in [-0.05, 0) is 38.3 Å². The molecule has 2 rings (SSSR count). The van der Waals surface area contributed by atoms with Crippen LogP contribution < -0.4 is 11.5 Å². The molecule has 0 saturated heterocycles. The van der Waals surface area contributed by atoms with Crippen molar-refractivity contribution in [1.29, 1.82) is 0 Å². The highest BCUT2D eigenvalue weighted by molar-refractivity contribution is 5.84. The molecule has 1 heterocycles. The van der Waals surface area contributed by atoms with E-state index in [2.05, 4.69) is 42.1 Å². The van der Waals surface area contributed by atoms with E-state index in [1.54, 1.807) is 0 Å². The monoisotopic (exact) mass is 245 g/mol. The molecule has 0 bridgehead atoms. The van der Waals surface area contributed by atoms with Crippen molar-refractivity contribution in [3.05, 3.63) is 36.0 Å². The largest absolute Gasteiger partial charge is 0.350 e. The summed E-state index contributed by atoms with van der Waals surface area (Å²) in [5, 5.41) is 1.25. The van der Waals surface area contributed by atoms with Crippen LogP contribution in [0, 0.1) is 0 Å². The zero-order valence-corrected chi connectivity index (χ0v) is 11.5. The van der Waals surface area contributed by atoms with E-state index in [1.165, 1.54) is 16.5 Å². The second-order valence-corrected chi connectivity index (χ2v) is 5.85. The molecular formula is C15H23N3. The second kappa shape index (κ2) is 4.75. The van der Waals surface area contributed by atoms with Gasteiger partial charge in [0.2, 0.25) is 0 Å². The first-order valence-electron chi connectivity index (χ1n) is 6.47. The van der Waals surface area contributed by atoms with Crippen LogP contribution in [0.1, 0.15) is 38.3 Å². The topological polar surface area (TPSA) is 57.0 Å². The zero-order chi connectivity index (χ0) is 13.3. The van der Waals surface area contributed by atoms with Gasteiger partial charge in [-0.2, -0.15) is 0 Å². The van der Waals surface area contributed by atoms with Crippen LogP contribution in [-0.2, 0) is 7.05 Å². The number of fused-ring (bicyclic) bond motifs is 1. The van der Waals surface area contributed by atoms with Crippen molar-refractivity contribution in [2.45, 2.75) is 38.3 Å². The van der Waals surface area contributed by atoms with Crippen LogP contribution in [0.5, 0.6) is 0 Å². The van der Waals surface area contributed by atoms with Gasteiger partial charge in [0.15, 0.2) is 0 Å². The fourth-order valence-corrected chi connectivity index (χ4v) is 2.35. The highest BCUT2D eigenvalue weighted by Gasteiger charge is 2.17. The molecule has 0 radical (unpaired) electrons. The maximum absolute atomic E-state index is 6.31. The SMILES string of the molecule is Cn1cc(C(N)CCC(C)(C)N)c2ccccc21. The number of aromatic nitrogens is 1. The molecule has 2 aromatic rings. The predicted octanol–water partition coefficient (Wildman–Crippen LogP) is 2.70. The summed E-state index contributed by atoms with van der Waals surface area (Å²) in [7, 11) is 2.06. The standard InChI is InChI=1S/C15H23N3/c1-15(2,17)9-8-13(16)12-10-18(3)14-7-5-4-6-11(12)14/h4-7,10,13H,8-9,16-17H2,1-3H3. The van der Waals surface area contributed by atoms with E-state index < -0.39 is 0 Å². The normalized spacial score (nSPS) is 14.1. The molecule has 3 nitrogen and oxygen atoms in total. The average molecular weight is 245 g/mol. The van der Waals surface area contributed by atoms with Gasteiger partial charge in [0, 0.05) is 35.7 Å². The molecule has 3 heteroatoms. The minimum absolute atomic E-state index is 0.0546. The summed E-state index contributed by atoms with van der Waals surface area (Å²) in [6.45, 7) is 4.09. The summed E-state index contributed by atoms with van der Waals surface area (Å²) < 4.78 is 2.14. The summed E-state index contributed by atoms with van der Waals surface area (Å²) in [6.07, 6.45) is 3.98.